The van der Waals surface area contributed by atoms with E-state index >= 15 is 0 Å². The maximum Gasteiger partial charge on any atom is 0.0594 e. The van der Waals surface area contributed by atoms with Gasteiger partial charge in [-0.3, -0.25) is 0 Å². The van der Waals surface area contributed by atoms with E-state index in [2.05, 4.69) is 48.1 Å². The Bertz CT molecular complexity index is 801. The molecule has 5 fully saturated rings. The molecule has 0 aromatic carbocycles. The molecule has 0 saturated heterocycles. The summed E-state index contributed by atoms with van der Waals surface area (Å²) < 4.78 is 0. The van der Waals surface area contributed by atoms with Crippen LogP contribution in [0.3, 0.4) is 0 Å². The zero-order chi connectivity index (χ0) is 24.0. The molecule has 0 aromatic rings. The quantitative estimate of drug-likeness (QED) is 0.409. The fraction of sp³-hybridized carbons (Fsp3) is 0.935. The van der Waals surface area contributed by atoms with E-state index in [1.54, 1.807) is 0 Å². The summed E-state index contributed by atoms with van der Waals surface area (Å²) >= 11 is 0. The van der Waals surface area contributed by atoms with Gasteiger partial charge in [0.1, 0.15) is 0 Å². The highest BCUT2D eigenvalue weighted by Crippen LogP contribution is 2.89. The van der Waals surface area contributed by atoms with Crippen molar-refractivity contribution in [1.82, 2.24) is 0 Å². The van der Waals surface area contributed by atoms with Crippen LogP contribution in [0.15, 0.2) is 12.2 Å². The Morgan fingerprint density at radius 1 is 0.879 bits per heavy atom. The number of fused-ring (bicyclic) bond motifs is 2. The van der Waals surface area contributed by atoms with Crippen molar-refractivity contribution in [3.05, 3.63) is 12.2 Å². The van der Waals surface area contributed by atoms with Gasteiger partial charge in [0.25, 0.3) is 0 Å². The third-order valence-corrected chi connectivity index (χ3v) is 13.7. The highest BCUT2D eigenvalue weighted by Gasteiger charge is 2.82. The van der Waals surface area contributed by atoms with E-state index < -0.39 is 0 Å². The van der Waals surface area contributed by atoms with E-state index in [9.17, 15) is 10.2 Å². The standard InChI is InChI=1S/C31H52O2/c1-20(22(3)18-32)8-9-21(2)23-12-14-29(7)25-11-10-24-27(4,5)26(33)13-15-30(24)19-31(25,30)17-16-28(23,29)6/h21-26,32-33H,1,8-19H2,2-7H3/t21-,22-,23-,24+,25+,26+,28-,29+,30-,31+/m1/s1. The minimum Gasteiger partial charge on any atom is -0.396 e. The normalized spacial score (nSPS) is 51.5. The zero-order valence-corrected chi connectivity index (χ0v) is 22.6. The maximum atomic E-state index is 10.9. The first-order valence-electron chi connectivity index (χ1n) is 14.4. The molecular formula is C31H52O2. The second kappa shape index (κ2) is 7.58. The van der Waals surface area contributed by atoms with Crippen LogP contribution in [0.4, 0.5) is 0 Å². The number of aliphatic hydroxyl groups excluding tert-OH is 2. The molecule has 188 valence electrons. The summed E-state index contributed by atoms with van der Waals surface area (Å²) in [5.41, 5.74) is 3.41. The lowest BCUT2D eigenvalue weighted by Crippen LogP contribution is -2.57. The summed E-state index contributed by atoms with van der Waals surface area (Å²) in [4.78, 5) is 0. The Balaban J connectivity index is 1.36. The maximum absolute atomic E-state index is 10.9. The van der Waals surface area contributed by atoms with Crippen molar-refractivity contribution in [3.8, 4) is 0 Å². The van der Waals surface area contributed by atoms with E-state index in [-0.39, 0.29) is 24.0 Å². The molecule has 5 aliphatic carbocycles. The topological polar surface area (TPSA) is 40.5 Å². The van der Waals surface area contributed by atoms with Crippen LogP contribution in [0.2, 0.25) is 0 Å². The summed E-state index contributed by atoms with van der Waals surface area (Å²) in [6, 6.07) is 0. The summed E-state index contributed by atoms with van der Waals surface area (Å²) in [6.45, 7) is 19.3. The molecule has 2 nitrogen and oxygen atoms in total. The second-order valence-electron chi connectivity index (χ2n) is 14.8. The molecule has 0 bridgehead atoms. The van der Waals surface area contributed by atoms with E-state index in [4.69, 9.17) is 0 Å². The molecule has 2 spiro atoms. The van der Waals surface area contributed by atoms with Crippen molar-refractivity contribution in [2.24, 2.45) is 56.7 Å². The predicted octanol–water partition coefficient (Wildman–Crippen LogP) is 7.39. The van der Waals surface area contributed by atoms with Crippen molar-refractivity contribution >= 4 is 0 Å². The van der Waals surface area contributed by atoms with Crippen molar-refractivity contribution in [3.63, 3.8) is 0 Å². The van der Waals surface area contributed by atoms with Crippen molar-refractivity contribution < 1.29 is 10.2 Å². The van der Waals surface area contributed by atoms with Crippen molar-refractivity contribution in [2.45, 2.75) is 118 Å². The van der Waals surface area contributed by atoms with E-state index in [0.717, 1.165) is 36.5 Å². The van der Waals surface area contributed by atoms with Crippen molar-refractivity contribution in [2.75, 3.05) is 6.61 Å². The molecule has 33 heavy (non-hydrogen) atoms. The van der Waals surface area contributed by atoms with E-state index in [0.29, 0.717) is 21.7 Å². The van der Waals surface area contributed by atoms with Gasteiger partial charge in [-0.05, 0) is 127 Å². The summed E-state index contributed by atoms with van der Waals surface area (Å²) in [7, 11) is 0. The van der Waals surface area contributed by atoms with Gasteiger partial charge in [-0.1, -0.05) is 53.7 Å². The molecule has 0 heterocycles. The first kappa shape index (κ1) is 24.4. The molecule has 0 aliphatic heterocycles. The minimum atomic E-state index is -0.105. The highest BCUT2D eigenvalue weighted by molar-refractivity contribution is 5.30. The van der Waals surface area contributed by atoms with Gasteiger partial charge in [-0.25, -0.2) is 0 Å². The van der Waals surface area contributed by atoms with Gasteiger partial charge in [-0.2, -0.15) is 0 Å². The van der Waals surface area contributed by atoms with Crippen molar-refractivity contribution in [1.29, 1.82) is 0 Å². The lowest BCUT2D eigenvalue weighted by atomic mass is 9.41. The second-order valence-corrected chi connectivity index (χ2v) is 14.8. The smallest absolute Gasteiger partial charge is 0.0594 e. The van der Waals surface area contributed by atoms with Gasteiger partial charge in [0, 0.05) is 6.61 Å². The molecule has 5 saturated carbocycles. The van der Waals surface area contributed by atoms with Crippen LogP contribution < -0.4 is 0 Å². The Kier molecular flexibility index (Phi) is 5.60. The summed E-state index contributed by atoms with van der Waals surface area (Å²) in [5.74, 6) is 3.42. The van der Waals surface area contributed by atoms with E-state index in [1.807, 2.05) is 0 Å². The highest BCUT2D eigenvalue weighted by atomic mass is 16.3. The van der Waals surface area contributed by atoms with Crippen LogP contribution in [-0.2, 0) is 0 Å². The average molecular weight is 457 g/mol. The molecule has 0 aromatic heterocycles. The number of rotatable bonds is 6. The predicted molar refractivity (Wildman–Crippen MR) is 137 cm³/mol. The molecule has 0 unspecified atom stereocenters. The molecular weight excluding hydrogens is 404 g/mol. The van der Waals surface area contributed by atoms with Crippen LogP contribution in [0.1, 0.15) is 112 Å². The molecule has 2 N–H and O–H groups in total. The fourth-order valence-corrected chi connectivity index (χ4v) is 11.3. The van der Waals surface area contributed by atoms with E-state index in [1.165, 1.54) is 63.4 Å². The largest absolute Gasteiger partial charge is 0.396 e. The monoisotopic (exact) mass is 456 g/mol. The van der Waals surface area contributed by atoms with Crippen LogP contribution >= 0.6 is 0 Å². The summed E-state index contributed by atoms with van der Waals surface area (Å²) in [6.07, 6.45) is 14.4. The molecule has 0 radical (unpaired) electrons. The fourth-order valence-electron chi connectivity index (χ4n) is 11.3. The zero-order valence-electron chi connectivity index (χ0n) is 22.6. The molecule has 5 rings (SSSR count). The molecule has 10 atom stereocenters. The first-order valence-corrected chi connectivity index (χ1v) is 14.4. The van der Waals surface area contributed by atoms with Gasteiger partial charge in [0.15, 0.2) is 0 Å². The van der Waals surface area contributed by atoms with Gasteiger partial charge < -0.3 is 10.2 Å². The van der Waals surface area contributed by atoms with Crippen LogP contribution in [0.25, 0.3) is 0 Å². The first-order chi connectivity index (χ1) is 15.4. The molecule has 5 aliphatic rings. The van der Waals surface area contributed by atoms with Crippen LogP contribution in [0.5, 0.6) is 0 Å². The molecule has 0 amide bonds. The number of hydrogen-bond acceptors (Lipinski definition) is 2. The van der Waals surface area contributed by atoms with Gasteiger partial charge >= 0.3 is 0 Å². The minimum absolute atomic E-state index is 0.0925. The Morgan fingerprint density at radius 2 is 1.55 bits per heavy atom. The van der Waals surface area contributed by atoms with Crippen LogP contribution in [-0.4, -0.2) is 22.9 Å². The van der Waals surface area contributed by atoms with Gasteiger partial charge in [-0.15, -0.1) is 0 Å². The molecule has 2 heteroatoms. The Morgan fingerprint density at radius 3 is 2.24 bits per heavy atom. The number of aliphatic hydroxyl groups is 2. The SMILES string of the molecule is C=C(CC[C@@H](C)[C@H]1CC[C@@]2(C)[C@@H]3CC[C@H]4C(C)(C)[C@@H](O)CC[C@@]45C[C@@]35CC[C@]12C)[C@H](C)CO. The Labute approximate surface area is 204 Å². The lowest BCUT2D eigenvalue weighted by molar-refractivity contribution is -0.161. The third-order valence-electron chi connectivity index (χ3n) is 13.7. The van der Waals surface area contributed by atoms with Crippen LogP contribution in [0, 0.1) is 56.7 Å². The third kappa shape index (κ3) is 2.98. The van der Waals surface area contributed by atoms with Gasteiger partial charge in [0.05, 0.1) is 6.10 Å². The lowest BCUT2D eigenvalue weighted by Gasteiger charge is -2.63. The Hall–Kier alpha value is -0.340. The average Bonchev–Trinajstić information content (AvgIpc) is 3.36. The van der Waals surface area contributed by atoms with Gasteiger partial charge in [0.2, 0.25) is 0 Å². The summed E-state index contributed by atoms with van der Waals surface area (Å²) in [5, 5.41) is 20.4. The number of hydrogen-bond donors (Lipinski definition) is 2.